The van der Waals surface area contributed by atoms with Crippen molar-refractivity contribution in [3.8, 4) is 11.3 Å². The molecule has 0 bridgehead atoms. The summed E-state index contributed by atoms with van der Waals surface area (Å²) in [5, 5.41) is 4.13. The number of rotatable bonds is 6. The Labute approximate surface area is 125 Å². The second-order valence-electron chi connectivity index (χ2n) is 5.38. The molecular weight excluding hydrogens is 272 g/mol. The average Bonchev–Trinajstić information content (AvgIpc) is 2.86. The van der Waals surface area contributed by atoms with Gasteiger partial charge in [0.2, 0.25) is 0 Å². The predicted octanol–water partition coefficient (Wildman–Crippen LogP) is 4.09. The summed E-state index contributed by atoms with van der Waals surface area (Å²) < 4.78 is 5.80. The van der Waals surface area contributed by atoms with Crippen molar-refractivity contribution in [3.63, 3.8) is 0 Å². The summed E-state index contributed by atoms with van der Waals surface area (Å²) in [6, 6.07) is 5.81. The standard InChI is InChI=1S/C16H21ClN2O/c1-11(2)9-18-8-7-16-19-10-15(20-16)13-5-4-6-14(17)12(13)3/h4-6,10-11,18H,7-9H2,1-3H3. The van der Waals surface area contributed by atoms with Crippen LogP contribution < -0.4 is 5.32 Å². The SMILES string of the molecule is Cc1c(Cl)cccc1-c1cnc(CCNCC(C)C)o1. The molecule has 0 atom stereocenters. The van der Waals surface area contributed by atoms with Crippen LogP contribution in [0.3, 0.4) is 0 Å². The van der Waals surface area contributed by atoms with Crippen molar-refractivity contribution in [3.05, 3.63) is 40.9 Å². The van der Waals surface area contributed by atoms with Gasteiger partial charge in [0.15, 0.2) is 11.7 Å². The lowest BCUT2D eigenvalue weighted by molar-refractivity contribution is 0.483. The first-order chi connectivity index (χ1) is 9.58. The van der Waals surface area contributed by atoms with Crippen molar-refractivity contribution >= 4 is 11.6 Å². The topological polar surface area (TPSA) is 38.1 Å². The lowest BCUT2D eigenvalue weighted by atomic mass is 10.1. The predicted molar refractivity (Wildman–Crippen MR) is 83.1 cm³/mol. The monoisotopic (exact) mass is 292 g/mol. The molecule has 1 aromatic heterocycles. The van der Waals surface area contributed by atoms with Crippen molar-refractivity contribution in [2.75, 3.05) is 13.1 Å². The third-order valence-corrected chi connectivity index (χ3v) is 3.56. The molecule has 0 fully saturated rings. The summed E-state index contributed by atoms with van der Waals surface area (Å²) >= 11 is 6.13. The minimum Gasteiger partial charge on any atom is -0.441 e. The van der Waals surface area contributed by atoms with E-state index in [0.717, 1.165) is 47.3 Å². The quantitative estimate of drug-likeness (QED) is 0.815. The van der Waals surface area contributed by atoms with Crippen LogP contribution in [-0.4, -0.2) is 18.1 Å². The van der Waals surface area contributed by atoms with E-state index >= 15 is 0 Å². The zero-order valence-electron chi connectivity index (χ0n) is 12.2. The molecule has 0 saturated carbocycles. The molecule has 2 aromatic rings. The number of nitrogens with zero attached hydrogens (tertiary/aromatic N) is 1. The molecule has 3 nitrogen and oxygen atoms in total. The molecule has 4 heteroatoms. The van der Waals surface area contributed by atoms with Crippen molar-refractivity contribution in [2.45, 2.75) is 27.2 Å². The fourth-order valence-corrected chi connectivity index (χ4v) is 2.19. The fourth-order valence-electron chi connectivity index (χ4n) is 2.01. The van der Waals surface area contributed by atoms with Crippen LogP contribution >= 0.6 is 11.6 Å². The smallest absolute Gasteiger partial charge is 0.196 e. The maximum atomic E-state index is 6.13. The van der Waals surface area contributed by atoms with E-state index in [2.05, 4.69) is 24.1 Å². The van der Waals surface area contributed by atoms with Crippen LogP contribution in [0, 0.1) is 12.8 Å². The minimum atomic E-state index is 0.657. The Morgan fingerprint density at radius 1 is 1.35 bits per heavy atom. The molecule has 0 saturated heterocycles. The molecule has 0 aliphatic carbocycles. The van der Waals surface area contributed by atoms with E-state index in [1.807, 2.05) is 25.1 Å². The number of aromatic nitrogens is 1. The van der Waals surface area contributed by atoms with Crippen LogP contribution in [0.1, 0.15) is 25.3 Å². The summed E-state index contributed by atoms with van der Waals surface area (Å²) in [7, 11) is 0. The third kappa shape index (κ3) is 3.84. The van der Waals surface area contributed by atoms with Gasteiger partial charge < -0.3 is 9.73 Å². The van der Waals surface area contributed by atoms with E-state index in [-0.39, 0.29) is 0 Å². The van der Waals surface area contributed by atoms with Gasteiger partial charge in [-0.15, -0.1) is 0 Å². The first-order valence-corrected chi connectivity index (χ1v) is 7.36. The molecule has 1 N–H and O–H groups in total. The number of hydrogen-bond acceptors (Lipinski definition) is 3. The molecule has 0 aliphatic rings. The van der Waals surface area contributed by atoms with E-state index in [1.54, 1.807) is 6.20 Å². The highest BCUT2D eigenvalue weighted by atomic mass is 35.5. The summed E-state index contributed by atoms with van der Waals surface area (Å²) in [4.78, 5) is 4.33. The second kappa shape index (κ2) is 6.91. The molecule has 0 amide bonds. The molecule has 1 aromatic carbocycles. The molecule has 2 rings (SSSR count). The highest BCUT2D eigenvalue weighted by Gasteiger charge is 2.10. The first-order valence-electron chi connectivity index (χ1n) is 6.99. The van der Waals surface area contributed by atoms with E-state index in [1.165, 1.54) is 0 Å². The zero-order valence-corrected chi connectivity index (χ0v) is 13.0. The Morgan fingerprint density at radius 2 is 2.15 bits per heavy atom. The van der Waals surface area contributed by atoms with Crippen molar-refractivity contribution in [1.29, 1.82) is 0 Å². The van der Waals surface area contributed by atoms with Gasteiger partial charge >= 0.3 is 0 Å². The van der Waals surface area contributed by atoms with E-state index in [9.17, 15) is 0 Å². The Kier molecular flexibility index (Phi) is 5.21. The molecule has 108 valence electrons. The van der Waals surface area contributed by atoms with Gasteiger partial charge in [0.1, 0.15) is 0 Å². The van der Waals surface area contributed by atoms with Crippen LogP contribution in [0.25, 0.3) is 11.3 Å². The van der Waals surface area contributed by atoms with Crippen molar-refractivity contribution in [2.24, 2.45) is 5.92 Å². The molecule has 0 unspecified atom stereocenters. The van der Waals surface area contributed by atoms with Gasteiger partial charge in [0.25, 0.3) is 0 Å². The lowest BCUT2D eigenvalue weighted by Gasteiger charge is -2.05. The normalized spacial score (nSPS) is 11.2. The Balaban J connectivity index is 2.00. The van der Waals surface area contributed by atoms with Gasteiger partial charge in [-0.05, 0) is 31.0 Å². The van der Waals surface area contributed by atoms with Crippen LogP contribution in [0.4, 0.5) is 0 Å². The first kappa shape index (κ1) is 15.1. The van der Waals surface area contributed by atoms with Crippen LogP contribution in [-0.2, 0) is 6.42 Å². The van der Waals surface area contributed by atoms with Gasteiger partial charge in [-0.1, -0.05) is 37.6 Å². The highest BCUT2D eigenvalue weighted by molar-refractivity contribution is 6.31. The maximum absolute atomic E-state index is 6.13. The Morgan fingerprint density at radius 3 is 2.90 bits per heavy atom. The molecule has 0 spiro atoms. The van der Waals surface area contributed by atoms with Crippen LogP contribution in [0.15, 0.2) is 28.8 Å². The van der Waals surface area contributed by atoms with E-state index < -0.39 is 0 Å². The van der Waals surface area contributed by atoms with Crippen molar-refractivity contribution < 1.29 is 4.42 Å². The number of benzene rings is 1. The van der Waals surface area contributed by atoms with E-state index in [4.69, 9.17) is 16.0 Å². The summed E-state index contributed by atoms with van der Waals surface area (Å²) in [5.41, 5.74) is 2.03. The second-order valence-corrected chi connectivity index (χ2v) is 5.79. The molecule has 1 heterocycles. The largest absolute Gasteiger partial charge is 0.441 e. The minimum absolute atomic E-state index is 0.657. The maximum Gasteiger partial charge on any atom is 0.196 e. The summed E-state index contributed by atoms with van der Waals surface area (Å²) in [5.74, 6) is 2.20. The molecule has 0 aliphatic heterocycles. The van der Waals surface area contributed by atoms with Gasteiger partial charge in [-0.3, -0.25) is 0 Å². The van der Waals surface area contributed by atoms with Crippen LogP contribution in [0.5, 0.6) is 0 Å². The Hall–Kier alpha value is -1.32. The highest BCUT2D eigenvalue weighted by Crippen LogP contribution is 2.28. The summed E-state index contributed by atoms with van der Waals surface area (Å²) in [6.07, 6.45) is 2.57. The van der Waals surface area contributed by atoms with Gasteiger partial charge in [-0.2, -0.15) is 0 Å². The van der Waals surface area contributed by atoms with E-state index in [0.29, 0.717) is 5.92 Å². The molecule has 20 heavy (non-hydrogen) atoms. The molecular formula is C16H21ClN2O. The van der Waals surface area contributed by atoms with Gasteiger partial charge in [-0.25, -0.2) is 4.98 Å². The van der Waals surface area contributed by atoms with Crippen LogP contribution in [0.2, 0.25) is 5.02 Å². The molecule has 0 radical (unpaired) electrons. The number of hydrogen-bond donors (Lipinski definition) is 1. The van der Waals surface area contributed by atoms with Gasteiger partial charge in [0.05, 0.1) is 6.20 Å². The fraction of sp³-hybridized carbons (Fsp3) is 0.438. The van der Waals surface area contributed by atoms with Gasteiger partial charge in [0, 0.05) is 23.6 Å². The lowest BCUT2D eigenvalue weighted by Crippen LogP contribution is -2.22. The number of nitrogens with one attached hydrogen (secondary N) is 1. The Bertz CT molecular complexity index is 563. The average molecular weight is 293 g/mol. The summed E-state index contributed by atoms with van der Waals surface area (Å²) in [6.45, 7) is 8.27. The third-order valence-electron chi connectivity index (χ3n) is 3.15. The van der Waals surface area contributed by atoms with Crippen molar-refractivity contribution in [1.82, 2.24) is 10.3 Å². The number of oxazole rings is 1. The zero-order chi connectivity index (χ0) is 14.5. The number of halogens is 1.